The van der Waals surface area contributed by atoms with Crippen molar-refractivity contribution in [2.75, 3.05) is 6.61 Å². The number of rotatable bonds is 2. The topological polar surface area (TPSA) is 40.5 Å². The average molecular weight is 306 g/mol. The quantitative estimate of drug-likeness (QED) is 0.752. The van der Waals surface area contributed by atoms with E-state index in [1.807, 2.05) is 0 Å². The zero-order valence-corrected chi connectivity index (χ0v) is 14.8. The molecule has 0 aromatic rings. The third-order valence-electron chi connectivity index (χ3n) is 7.64. The first-order valence-corrected chi connectivity index (χ1v) is 9.32. The molecule has 22 heavy (non-hydrogen) atoms. The molecule has 2 N–H and O–H groups in total. The van der Waals surface area contributed by atoms with E-state index in [0.29, 0.717) is 30.3 Å². The summed E-state index contributed by atoms with van der Waals surface area (Å²) in [6.07, 6.45) is 9.16. The predicted octanol–water partition coefficient (Wildman–Crippen LogP) is 4.16. The number of fused-ring (bicyclic) bond motifs is 3. The summed E-state index contributed by atoms with van der Waals surface area (Å²) in [5.74, 6) is 2.07. The number of aliphatic hydroxyl groups excluding tert-OH is 2. The van der Waals surface area contributed by atoms with E-state index in [0.717, 1.165) is 19.3 Å². The van der Waals surface area contributed by atoms with Crippen LogP contribution in [0.5, 0.6) is 0 Å². The number of hydrogen-bond donors (Lipinski definition) is 2. The Kier molecular flexibility index (Phi) is 4.23. The summed E-state index contributed by atoms with van der Waals surface area (Å²) in [6.45, 7) is 9.52. The van der Waals surface area contributed by atoms with Crippen LogP contribution in [-0.4, -0.2) is 22.9 Å². The van der Waals surface area contributed by atoms with Crippen molar-refractivity contribution in [3.63, 3.8) is 0 Å². The Balaban J connectivity index is 1.94. The highest BCUT2D eigenvalue weighted by atomic mass is 16.3. The lowest BCUT2D eigenvalue weighted by Gasteiger charge is -2.59. The Morgan fingerprint density at radius 3 is 2.59 bits per heavy atom. The normalized spacial score (nSPS) is 48.6. The molecule has 0 heterocycles. The molecular formula is C20H34O2. The molecule has 3 aliphatic carbocycles. The lowest BCUT2D eigenvalue weighted by atomic mass is 9.46. The molecule has 2 nitrogen and oxygen atoms in total. The lowest BCUT2D eigenvalue weighted by Crippen LogP contribution is -2.54. The van der Waals surface area contributed by atoms with Crippen molar-refractivity contribution in [3.8, 4) is 0 Å². The van der Waals surface area contributed by atoms with Gasteiger partial charge in [-0.3, -0.25) is 0 Å². The SMILES string of the molecule is CC(C)[C@H]1CC[C@H]2C(=CC[C@@H]3[C@](C)(CO)CCC[C@@]32C)[C@H]1O. The molecule has 0 saturated heterocycles. The highest BCUT2D eigenvalue weighted by Crippen LogP contribution is 2.62. The first-order chi connectivity index (χ1) is 10.3. The van der Waals surface area contributed by atoms with Crippen LogP contribution < -0.4 is 0 Å². The van der Waals surface area contributed by atoms with Gasteiger partial charge in [-0.15, -0.1) is 0 Å². The second-order valence-corrected chi connectivity index (χ2v) is 9.15. The van der Waals surface area contributed by atoms with Gasteiger partial charge in [0.15, 0.2) is 0 Å². The lowest BCUT2D eigenvalue weighted by molar-refractivity contribution is -0.0901. The highest BCUT2D eigenvalue weighted by Gasteiger charge is 2.56. The van der Waals surface area contributed by atoms with E-state index < -0.39 is 0 Å². The second-order valence-electron chi connectivity index (χ2n) is 9.15. The zero-order chi connectivity index (χ0) is 16.1. The van der Waals surface area contributed by atoms with Crippen LogP contribution in [0.1, 0.15) is 66.2 Å². The van der Waals surface area contributed by atoms with Gasteiger partial charge in [-0.25, -0.2) is 0 Å². The fraction of sp³-hybridized carbons (Fsp3) is 0.900. The fourth-order valence-corrected chi connectivity index (χ4v) is 6.24. The Labute approximate surface area is 136 Å². The van der Waals surface area contributed by atoms with Crippen LogP contribution in [0.3, 0.4) is 0 Å². The van der Waals surface area contributed by atoms with E-state index in [1.54, 1.807) is 0 Å². The minimum absolute atomic E-state index is 0.0644. The zero-order valence-electron chi connectivity index (χ0n) is 14.8. The molecule has 0 unspecified atom stereocenters. The maximum Gasteiger partial charge on any atom is 0.0783 e. The second kappa shape index (κ2) is 5.63. The Morgan fingerprint density at radius 1 is 1.23 bits per heavy atom. The summed E-state index contributed by atoms with van der Waals surface area (Å²) in [5.41, 5.74) is 1.67. The van der Waals surface area contributed by atoms with Crippen molar-refractivity contribution >= 4 is 0 Å². The standard InChI is InChI=1S/C20H34O2/c1-13(2)14-6-8-16-15(18(14)22)7-9-17-19(3,12-21)10-5-11-20(16,17)4/h7,13-14,16-18,21-22H,5-6,8-12H2,1-4H3/t14-,16+,17-,18+,19+,20-/m1/s1. The summed E-state index contributed by atoms with van der Waals surface area (Å²) >= 11 is 0. The molecular weight excluding hydrogens is 272 g/mol. The molecule has 2 saturated carbocycles. The van der Waals surface area contributed by atoms with E-state index in [2.05, 4.69) is 33.8 Å². The van der Waals surface area contributed by atoms with Gasteiger partial charge in [-0.05, 0) is 72.2 Å². The predicted molar refractivity (Wildman–Crippen MR) is 90.4 cm³/mol. The first kappa shape index (κ1) is 16.5. The van der Waals surface area contributed by atoms with E-state index in [9.17, 15) is 10.2 Å². The molecule has 0 aromatic carbocycles. The van der Waals surface area contributed by atoms with Crippen LogP contribution in [0.15, 0.2) is 11.6 Å². The number of hydrogen-bond acceptors (Lipinski definition) is 2. The van der Waals surface area contributed by atoms with Crippen LogP contribution in [0, 0.1) is 34.5 Å². The summed E-state index contributed by atoms with van der Waals surface area (Å²) in [4.78, 5) is 0. The van der Waals surface area contributed by atoms with Gasteiger partial charge < -0.3 is 10.2 Å². The minimum Gasteiger partial charge on any atom is -0.396 e. The maximum atomic E-state index is 10.9. The number of allylic oxidation sites excluding steroid dienone is 1. The summed E-state index contributed by atoms with van der Waals surface area (Å²) in [5, 5.41) is 20.9. The first-order valence-electron chi connectivity index (χ1n) is 9.32. The van der Waals surface area contributed by atoms with E-state index >= 15 is 0 Å². The molecule has 0 spiro atoms. The Morgan fingerprint density at radius 2 is 1.95 bits per heavy atom. The third kappa shape index (κ3) is 2.29. The minimum atomic E-state index is -0.237. The molecule has 0 aliphatic heterocycles. The van der Waals surface area contributed by atoms with Crippen molar-refractivity contribution in [2.45, 2.75) is 72.3 Å². The molecule has 2 fully saturated rings. The van der Waals surface area contributed by atoms with Gasteiger partial charge in [-0.2, -0.15) is 0 Å². The van der Waals surface area contributed by atoms with Crippen LogP contribution >= 0.6 is 0 Å². The van der Waals surface area contributed by atoms with Gasteiger partial charge in [0.1, 0.15) is 0 Å². The van der Waals surface area contributed by atoms with Gasteiger partial charge in [0, 0.05) is 6.61 Å². The van der Waals surface area contributed by atoms with Gasteiger partial charge in [0.05, 0.1) is 6.10 Å². The van der Waals surface area contributed by atoms with Crippen LogP contribution in [0.2, 0.25) is 0 Å². The molecule has 6 atom stereocenters. The van der Waals surface area contributed by atoms with E-state index in [4.69, 9.17) is 0 Å². The molecule has 0 amide bonds. The van der Waals surface area contributed by atoms with Gasteiger partial charge in [0.25, 0.3) is 0 Å². The largest absolute Gasteiger partial charge is 0.396 e. The monoisotopic (exact) mass is 306 g/mol. The summed E-state index contributed by atoms with van der Waals surface area (Å²) in [6, 6.07) is 0. The van der Waals surface area contributed by atoms with Crippen molar-refractivity contribution in [3.05, 3.63) is 11.6 Å². The summed E-state index contributed by atoms with van der Waals surface area (Å²) in [7, 11) is 0. The van der Waals surface area contributed by atoms with Crippen molar-refractivity contribution in [2.24, 2.45) is 34.5 Å². The smallest absolute Gasteiger partial charge is 0.0783 e. The van der Waals surface area contributed by atoms with Crippen molar-refractivity contribution in [1.29, 1.82) is 0 Å². The van der Waals surface area contributed by atoms with Crippen LogP contribution in [-0.2, 0) is 0 Å². The summed E-state index contributed by atoms with van der Waals surface area (Å²) < 4.78 is 0. The molecule has 0 aromatic heterocycles. The average Bonchev–Trinajstić information content (AvgIpc) is 2.47. The molecule has 126 valence electrons. The molecule has 3 rings (SSSR count). The van der Waals surface area contributed by atoms with E-state index in [-0.39, 0.29) is 16.9 Å². The highest BCUT2D eigenvalue weighted by molar-refractivity contribution is 5.26. The van der Waals surface area contributed by atoms with E-state index in [1.165, 1.54) is 24.8 Å². The molecule has 2 heteroatoms. The van der Waals surface area contributed by atoms with Crippen molar-refractivity contribution in [1.82, 2.24) is 0 Å². The van der Waals surface area contributed by atoms with Gasteiger partial charge in [0.2, 0.25) is 0 Å². The third-order valence-corrected chi connectivity index (χ3v) is 7.64. The van der Waals surface area contributed by atoms with Gasteiger partial charge >= 0.3 is 0 Å². The Bertz CT molecular complexity index is 455. The maximum absolute atomic E-state index is 10.9. The molecule has 0 bridgehead atoms. The molecule has 0 radical (unpaired) electrons. The number of aliphatic hydroxyl groups is 2. The van der Waals surface area contributed by atoms with Gasteiger partial charge in [-0.1, -0.05) is 40.2 Å². The fourth-order valence-electron chi connectivity index (χ4n) is 6.24. The van der Waals surface area contributed by atoms with Crippen molar-refractivity contribution < 1.29 is 10.2 Å². The Hall–Kier alpha value is -0.340. The van der Waals surface area contributed by atoms with Crippen LogP contribution in [0.25, 0.3) is 0 Å². The molecule has 3 aliphatic rings. The van der Waals surface area contributed by atoms with Crippen LogP contribution in [0.4, 0.5) is 0 Å².